The highest BCUT2D eigenvalue weighted by molar-refractivity contribution is 5.94. The minimum absolute atomic E-state index is 0.0340. The lowest BCUT2D eigenvalue weighted by Crippen LogP contribution is -2.50. The van der Waals surface area contributed by atoms with Crippen LogP contribution in [0.3, 0.4) is 0 Å². The second-order valence-corrected chi connectivity index (χ2v) is 8.13. The topological polar surface area (TPSA) is 106 Å². The summed E-state index contributed by atoms with van der Waals surface area (Å²) in [4.78, 5) is 30.3. The van der Waals surface area contributed by atoms with Gasteiger partial charge in [0.25, 0.3) is 5.91 Å². The number of hydrogen-bond donors (Lipinski definition) is 1. The van der Waals surface area contributed by atoms with Crippen LogP contribution in [0, 0.1) is 0 Å². The fourth-order valence-electron chi connectivity index (χ4n) is 4.20. The van der Waals surface area contributed by atoms with E-state index in [1.165, 1.54) is 5.56 Å². The van der Waals surface area contributed by atoms with Crippen molar-refractivity contribution in [2.75, 3.05) is 13.1 Å². The first-order valence-corrected chi connectivity index (χ1v) is 10.6. The molecule has 3 heterocycles. The summed E-state index contributed by atoms with van der Waals surface area (Å²) in [5.41, 5.74) is 3.78. The zero-order valence-corrected chi connectivity index (χ0v) is 17.5. The van der Waals surface area contributed by atoms with Crippen LogP contribution in [0.25, 0.3) is 11.4 Å². The molecule has 0 bridgehead atoms. The van der Waals surface area contributed by atoms with Gasteiger partial charge in [0.2, 0.25) is 17.6 Å². The Morgan fingerprint density at radius 1 is 1.29 bits per heavy atom. The summed E-state index contributed by atoms with van der Waals surface area (Å²) in [7, 11) is 0. The Bertz CT molecular complexity index is 1140. The first kappa shape index (κ1) is 19.5. The second-order valence-electron chi connectivity index (χ2n) is 8.13. The summed E-state index contributed by atoms with van der Waals surface area (Å²) in [6.07, 6.45) is 5.79. The van der Waals surface area contributed by atoms with Crippen molar-refractivity contribution < 1.29 is 14.1 Å². The number of hydrogen-bond acceptors (Lipinski definition) is 6. The molecule has 160 valence electrons. The van der Waals surface area contributed by atoms with E-state index < -0.39 is 0 Å². The van der Waals surface area contributed by atoms with Crippen LogP contribution in [0.1, 0.15) is 59.7 Å². The van der Waals surface area contributed by atoms with Crippen LogP contribution in [0.5, 0.6) is 0 Å². The molecule has 1 fully saturated rings. The first-order valence-electron chi connectivity index (χ1n) is 10.6. The zero-order chi connectivity index (χ0) is 21.5. The van der Waals surface area contributed by atoms with Gasteiger partial charge in [-0.15, -0.1) is 0 Å². The summed E-state index contributed by atoms with van der Waals surface area (Å²) in [5.74, 6) is 1.15. The highest BCUT2D eigenvalue weighted by atomic mass is 16.5. The van der Waals surface area contributed by atoms with E-state index in [-0.39, 0.29) is 23.9 Å². The first-order chi connectivity index (χ1) is 15.0. The van der Waals surface area contributed by atoms with E-state index in [1.54, 1.807) is 28.9 Å². The van der Waals surface area contributed by atoms with Gasteiger partial charge in [0.1, 0.15) is 0 Å². The molecule has 9 nitrogen and oxygen atoms in total. The molecular formula is C22H24N6O3. The lowest BCUT2D eigenvalue weighted by atomic mass is 10.0. The molecule has 2 aromatic heterocycles. The number of fused-ring (bicyclic) bond motifs is 1. The number of aryl methyl sites for hydroxylation is 2. The van der Waals surface area contributed by atoms with Gasteiger partial charge in [0, 0.05) is 38.2 Å². The lowest BCUT2D eigenvalue weighted by Gasteiger charge is -2.38. The van der Waals surface area contributed by atoms with Gasteiger partial charge in [-0.1, -0.05) is 24.2 Å². The molecular weight excluding hydrogens is 396 g/mol. The Labute approximate surface area is 179 Å². The molecule has 1 atom stereocenters. The van der Waals surface area contributed by atoms with Gasteiger partial charge in [-0.25, -0.2) is 0 Å². The number of nitrogens with one attached hydrogen (secondary N) is 1. The third kappa shape index (κ3) is 3.60. The van der Waals surface area contributed by atoms with Crippen molar-refractivity contribution in [2.45, 2.75) is 45.2 Å². The van der Waals surface area contributed by atoms with Crippen molar-refractivity contribution in [3.05, 3.63) is 53.2 Å². The van der Waals surface area contributed by atoms with E-state index in [9.17, 15) is 9.59 Å². The maximum absolute atomic E-state index is 12.8. The molecule has 2 amide bonds. The van der Waals surface area contributed by atoms with E-state index in [2.05, 4.69) is 26.6 Å². The van der Waals surface area contributed by atoms with Crippen molar-refractivity contribution in [1.82, 2.24) is 30.1 Å². The molecule has 1 unspecified atom stereocenters. The molecule has 1 saturated heterocycles. The highest BCUT2D eigenvalue weighted by Crippen LogP contribution is 2.34. The van der Waals surface area contributed by atoms with Gasteiger partial charge in [-0.3, -0.25) is 14.3 Å². The fraction of sp³-hybridized carbons (Fsp3) is 0.409. The maximum Gasteiger partial charge on any atom is 0.254 e. The predicted molar refractivity (Wildman–Crippen MR) is 111 cm³/mol. The Kier molecular flexibility index (Phi) is 4.80. The van der Waals surface area contributed by atoms with E-state index in [0.717, 1.165) is 24.0 Å². The molecule has 1 aliphatic carbocycles. The molecule has 0 radical (unpaired) electrons. The Balaban J connectivity index is 1.25. The number of benzene rings is 1. The highest BCUT2D eigenvalue weighted by Gasteiger charge is 2.31. The molecule has 31 heavy (non-hydrogen) atoms. The van der Waals surface area contributed by atoms with Gasteiger partial charge in [-0.2, -0.15) is 10.1 Å². The minimum Gasteiger partial charge on any atom is -0.345 e. The van der Waals surface area contributed by atoms with Crippen LogP contribution in [-0.4, -0.2) is 49.7 Å². The van der Waals surface area contributed by atoms with E-state index in [1.807, 2.05) is 19.1 Å². The van der Waals surface area contributed by atoms with Crippen molar-refractivity contribution in [1.29, 1.82) is 0 Å². The number of carbonyl (C=O) groups is 2. The number of carbonyl (C=O) groups excluding carboxylic acids is 2. The van der Waals surface area contributed by atoms with Crippen molar-refractivity contribution in [2.24, 2.45) is 0 Å². The average Bonchev–Trinajstić information content (AvgIpc) is 3.46. The third-order valence-corrected chi connectivity index (χ3v) is 6.10. The molecule has 1 aliphatic heterocycles. The van der Waals surface area contributed by atoms with E-state index in [4.69, 9.17) is 4.52 Å². The van der Waals surface area contributed by atoms with Crippen molar-refractivity contribution in [3.8, 4) is 11.4 Å². The molecule has 0 spiro atoms. The Hall–Kier alpha value is -3.49. The number of likely N-dealkylation sites (tertiary alicyclic amines) is 1. The SMILES string of the molecule is CCc1nc(-c2ccc3c(c2)CCC3NC(=O)c2cnn(C3CN(C(C)=O)C3)c2)no1. The van der Waals surface area contributed by atoms with E-state index >= 15 is 0 Å². The van der Waals surface area contributed by atoms with Crippen LogP contribution in [0.15, 0.2) is 35.1 Å². The molecule has 2 aliphatic rings. The van der Waals surface area contributed by atoms with Crippen LogP contribution in [-0.2, 0) is 17.6 Å². The molecule has 1 N–H and O–H groups in total. The minimum atomic E-state index is -0.137. The summed E-state index contributed by atoms with van der Waals surface area (Å²) >= 11 is 0. The van der Waals surface area contributed by atoms with Crippen LogP contribution >= 0.6 is 0 Å². The fourth-order valence-corrected chi connectivity index (χ4v) is 4.20. The van der Waals surface area contributed by atoms with Crippen molar-refractivity contribution in [3.63, 3.8) is 0 Å². The molecule has 9 heteroatoms. The molecule has 0 saturated carbocycles. The van der Waals surface area contributed by atoms with Gasteiger partial charge in [0.15, 0.2) is 0 Å². The smallest absolute Gasteiger partial charge is 0.254 e. The molecule has 1 aromatic carbocycles. The summed E-state index contributed by atoms with van der Waals surface area (Å²) in [6, 6.07) is 6.20. The largest absolute Gasteiger partial charge is 0.345 e. The van der Waals surface area contributed by atoms with Gasteiger partial charge in [0.05, 0.1) is 23.8 Å². The molecule has 3 aromatic rings. The Morgan fingerprint density at radius 2 is 2.13 bits per heavy atom. The average molecular weight is 420 g/mol. The van der Waals surface area contributed by atoms with Crippen molar-refractivity contribution >= 4 is 11.8 Å². The van der Waals surface area contributed by atoms with E-state index in [0.29, 0.717) is 36.8 Å². The summed E-state index contributed by atoms with van der Waals surface area (Å²) in [5, 5.41) is 11.5. The second kappa shape index (κ2) is 7.64. The van der Waals surface area contributed by atoms with Gasteiger partial charge in [-0.05, 0) is 30.0 Å². The van der Waals surface area contributed by atoms with Crippen LogP contribution < -0.4 is 5.32 Å². The third-order valence-electron chi connectivity index (χ3n) is 6.10. The maximum atomic E-state index is 12.8. The molecule has 5 rings (SSSR count). The number of amides is 2. The predicted octanol–water partition coefficient (Wildman–Crippen LogP) is 2.32. The van der Waals surface area contributed by atoms with Crippen LogP contribution in [0.2, 0.25) is 0 Å². The van der Waals surface area contributed by atoms with Crippen LogP contribution in [0.4, 0.5) is 0 Å². The zero-order valence-electron chi connectivity index (χ0n) is 17.5. The quantitative estimate of drug-likeness (QED) is 0.679. The monoisotopic (exact) mass is 420 g/mol. The normalized spacial score (nSPS) is 18.0. The summed E-state index contributed by atoms with van der Waals surface area (Å²) in [6.45, 7) is 4.81. The number of aromatic nitrogens is 4. The van der Waals surface area contributed by atoms with Gasteiger partial charge >= 0.3 is 0 Å². The Morgan fingerprint density at radius 3 is 2.87 bits per heavy atom. The lowest BCUT2D eigenvalue weighted by molar-refractivity contribution is -0.134. The summed E-state index contributed by atoms with van der Waals surface area (Å²) < 4.78 is 6.99. The van der Waals surface area contributed by atoms with Gasteiger partial charge < -0.3 is 14.7 Å². The standard InChI is InChI=1S/C22H24N6O3/c1-3-20-25-21(26-31-20)15-4-6-18-14(8-15)5-7-19(18)24-22(30)16-9-23-28(10-16)17-11-27(12-17)13(2)29/h4,6,8-10,17,19H,3,5,7,11-12H2,1-2H3,(H,24,30). The number of nitrogens with zero attached hydrogens (tertiary/aromatic N) is 5. The number of rotatable bonds is 5.